The van der Waals surface area contributed by atoms with Crippen LogP contribution in [0.3, 0.4) is 0 Å². The maximum atomic E-state index is 12.7. The smallest absolute Gasteiger partial charge is 0.251 e. The van der Waals surface area contributed by atoms with Gasteiger partial charge in [0.2, 0.25) is 0 Å². The first kappa shape index (κ1) is 16.6. The Kier molecular flexibility index (Phi) is 5.29. The Morgan fingerprint density at radius 1 is 1.14 bits per heavy atom. The van der Waals surface area contributed by atoms with E-state index in [1.54, 1.807) is 26.4 Å². The van der Waals surface area contributed by atoms with Gasteiger partial charge in [-0.2, -0.15) is 5.10 Å². The molecule has 22 heavy (non-hydrogen) atoms. The largest absolute Gasteiger partial charge is 0.493 e. The monoisotopic (exact) mass is 324 g/mol. The summed E-state index contributed by atoms with van der Waals surface area (Å²) < 4.78 is 10.5. The molecule has 1 aliphatic carbocycles. The van der Waals surface area contributed by atoms with Gasteiger partial charge in [-0.25, -0.2) is 5.01 Å². The Hall–Kier alpha value is -1.75. The molecule has 1 aromatic rings. The first-order valence-electron chi connectivity index (χ1n) is 7.34. The van der Waals surface area contributed by atoms with Crippen molar-refractivity contribution in [1.82, 2.24) is 0 Å². The summed E-state index contributed by atoms with van der Waals surface area (Å²) in [5.74, 6) is 1.72. The molecule has 3 rings (SSSR count). The number of hydrogen-bond donors (Lipinski definition) is 0. The standard InChI is InChI=1S/C16H20N2O3.ClH/c1-20-14-8-7-12(9-15(14)21-2)18-16(19)13-6-4-3-5-11(13)10-17-18;/h7-11,13H,3-6H2,1-2H3;1H. The zero-order chi connectivity index (χ0) is 14.8. The maximum Gasteiger partial charge on any atom is 0.251 e. The molecule has 2 unspecified atom stereocenters. The summed E-state index contributed by atoms with van der Waals surface area (Å²) in [6, 6.07) is 5.42. The van der Waals surface area contributed by atoms with Gasteiger partial charge in [0, 0.05) is 24.1 Å². The highest BCUT2D eigenvalue weighted by molar-refractivity contribution is 5.99. The van der Waals surface area contributed by atoms with Crippen LogP contribution in [-0.4, -0.2) is 26.3 Å². The summed E-state index contributed by atoms with van der Waals surface area (Å²) >= 11 is 0. The fraction of sp³-hybridized carbons (Fsp3) is 0.500. The number of methoxy groups -OCH3 is 2. The van der Waals surface area contributed by atoms with E-state index < -0.39 is 0 Å². The van der Waals surface area contributed by atoms with Crippen LogP contribution >= 0.6 is 12.4 Å². The van der Waals surface area contributed by atoms with Crippen LogP contribution in [0.15, 0.2) is 23.3 Å². The first-order chi connectivity index (χ1) is 10.2. The lowest BCUT2D eigenvalue weighted by atomic mass is 9.78. The Balaban J connectivity index is 0.00000176. The molecule has 5 nitrogen and oxygen atoms in total. The summed E-state index contributed by atoms with van der Waals surface area (Å²) in [6.07, 6.45) is 6.28. The molecule has 1 heterocycles. The van der Waals surface area contributed by atoms with Crippen LogP contribution in [0.1, 0.15) is 25.7 Å². The van der Waals surface area contributed by atoms with Crippen molar-refractivity contribution >= 4 is 30.2 Å². The molecule has 1 fully saturated rings. The van der Waals surface area contributed by atoms with Crippen LogP contribution in [0, 0.1) is 11.8 Å². The number of ether oxygens (including phenoxy) is 2. The molecular weight excluding hydrogens is 304 g/mol. The zero-order valence-electron chi connectivity index (χ0n) is 12.8. The van der Waals surface area contributed by atoms with Crippen molar-refractivity contribution in [3.63, 3.8) is 0 Å². The number of nitrogens with zero attached hydrogens (tertiary/aromatic N) is 2. The van der Waals surface area contributed by atoms with Crippen LogP contribution in [0.4, 0.5) is 5.69 Å². The summed E-state index contributed by atoms with van der Waals surface area (Å²) in [7, 11) is 3.18. The molecule has 2 atom stereocenters. The van der Waals surface area contributed by atoms with E-state index in [-0.39, 0.29) is 24.2 Å². The predicted octanol–water partition coefficient (Wildman–Crippen LogP) is 3.26. The number of rotatable bonds is 3. The summed E-state index contributed by atoms with van der Waals surface area (Å²) in [5, 5.41) is 5.85. The van der Waals surface area contributed by atoms with Crippen LogP contribution in [0.25, 0.3) is 0 Å². The minimum Gasteiger partial charge on any atom is -0.493 e. The molecule has 2 aliphatic rings. The Labute approximate surface area is 136 Å². The third-order valence-electron chi connectivity index (χ3n) is 4.33. The minimum absolute atomic E-state index is 0. The summed E-state index contributed by atoms with van der Waals surface area (Å²) in [4.78, 5) is 12.7. The molecule has 0 saturated heterocycles. The molecule has 1 aliphatic heterocycles. The van der Waals surface area contributed by atoms with Crippen LogP contribution < -0.4 is 14.5 Å². The van der Waals surface area contributed by atoms with Gasteiger partial charge in [0.05, 0.1) is 19.9 Å². The second-order valence-electron chi connectivity index (χ2n) is 5.51. The molecule has 0 radical (unpaired) electrons. The highest BCUT2D eigenvalue weighted by Gasteiger charge is 2.36. The molecule has 0 spiro atoms. The van der Waals surface area contributed by atoms with Gasteiger partial charge in [0.1, 0.15) is 0 Å². The summed E-state index contributed by atoms with van der Waals surface area (Å²) in [5.41, 5.74) is 0.720. The molecule has 1 aromatic carbocycles. The SMILES string of the molecule is COc1ccc(N2N=CC3CCCCC3C2=O)cc1OC.Cl. The van der Waals surface area contributed by atoms with Crippen molar-refractivity contribution < 1.29 is 14.3 Å². The second-order valence-corrected chi connectivity index (χ2v) is 5.51. The van der Waals surface area contributed by atoms with Crippen molar-refractivity contribution in [3.8, 4) is 11.5 Å². The normalized spacial score (nSPS) is 23.5. The van der Waals surface area contributed by atoms with E-state index in [1.807, 2.05) is 12.3 Å². The lowest BCUT2D eigenvalue weighted by Gasteiger charge is -2.34. The third-order valence-corrected chi connectivity index (χ3v) is 4.33. The molecule has 0 bridgehead atoms. The number of fused-ring (bicyclic) bond motifs is 1. The summed E-state index contributed by atoms with van der Waals surface area (Å²) in [6.45, 7) is 0. The highest BCUT2D eigenvalue weighted by atomic mass is 35.5. The first-order valence-corrected chi connectivity index (χ1v) is 7.34. The Bertz CT molecular complexity index is 577. The van der Waals surface area contributed by atoms with Gasteiger partial charge >= 0.3 is 0 Å². The van der Waals surface area contributed by atoms with Crippen molar-refractivity contribution in [2.75, 3.05) is 19.2 Å². The second kappa shape index (κ2) is 7.01. The van der Waals surface area contributed by atoms with Gasteiger partial charge in [0.15, 0.2) is 11.5 Å². The van der Waals surface area contributed by atoms with Crippen molar-refractivity contribution in [2.45, 2.75) is 25.7 Å². The van der Waals surface area contributed by atoms with E-state index in [2.05, 4.69) is 5.10 Å². The lowest BCUT2D eigenvalue weighted by Crippen LogP contribution is -2.42. The van der Waals surface area contributed by atoms with E-state index in [4.69, 9.17) is 9.47 Å². The average Bonchev–Trinajstić information content (AvgIpc) is 2.55. The number of anilines is 1. The van der Waals surface area contributed by atoms with Crippen LogP contribution in [0.2, 0.25) is 0 Å². The van der Waals surface area contributed by atoms with E-state index in [0.717, 1.165) is 24.9 Å². The quantitative estimate of drug-likeness (QED) is 0.857. The molecule has 1 saturated carbocycles. The van der Waals surface area contributed by atoms with Gasteiger partial charge in [-0.3, -0.25) is 4.79 Å². The number of carbonyl (C=O) groups is 1. The fourth-order valence-electron chi connectivity index (χ4n) is 3.16. The number of halogens is 1. The third kappa shape index (κ3) is 2.90. The van der Waals surface area contributed by atoms with E-state index in [1.165, 1.54) is 11.4 Å². The Morgan fingerprint density at radius 2 is 1.86 bits per heavy atom. The molecule has 0 N–H and O–H groups in total. The van der Waals surface area contributed by atoms with Crippen molar-refractivity contribution in [2.24, 2.45) is 16.9 Å². The van der Waals surface area contributed by atoms with Gasteiger partial charge < -0.3 is 9.47 Å². The zero-order valence-corrected chi connectivity index (χ0v) is 13.6. The molecular formula is C16H21ClN2O3. The van der Waals surface area contributed by atoms with E-state index >= 15 is 0 Å². The van der Waals surface area contributed by atoms with Gasteiger partial charge in [-0.05, 0) is 25.0 Å². The van der Waals surface area contributed by atoms with Gasteiger partial charge in [0.25, 0.3) is 5.91 Å². The minimum atomic E-state index is 0. The molecule has 6 heteroatoms. The van der Waals surface area contributed by atoms with Gasteiger partial charge in [-0.15, -0.1) is 12.4 Å². The average molecular weight is 325 g/mol. The topological polar surface area (TPSA) is 51.1 Å². The van der Waals surface area contributed by atoms with Crippen LogP contribution in [0.5, 0.6) is 11.5 Å². The number of benzene rings is 1. The van der Waals surface area contributed by atoms with Gasteiger partial charge in [-0.1, -0.05) is 12.8 Å². The molecule has 1 amide bonds. The lowest BCUT2D eigenvalue weighted by molar-refractivity contribution is -0.124. The van der Waals surface area contributed by atoms with E-state index in [9.17, 15) is 4.79 Å². The number of carbonyl (C=O) groups excluding carboxylic acids is 1. The van der Waals surface area contributed by atoms with Crippen LogP contribution in [-0.2, 0) is 4.79 Å². The maximum absolute atomic E-state index is 12.7. The fourth-order valence-corrected chi connectivity index (χ4v) is 3.16. The van der Waals surface area contributed by atoms with E-state index in [0.29, 0.717) is 17.4 Å². The van der Waals surface area contributed by atoms with Crippen molar-refractivity contribution in [1.29, 1.82) is 0 Å². The van der Waals surface area contributed by atoms with Crippen molar-refractivity contribution in [3.05, 3.63) is 18.2 Å². The molecule has 120 valence electrons. The number of hydrogen-bond acceptors (Lipinski definition) is 4. The Morgan fingerprint density at radius 3 is 2.59 bits per heavy atom. The number of amides is 1. The number of hydrazone groups is 1. The molecule has 0 aromatic heterocycles. The highest BCUT2D eigenvalue weighted by Crippen LogP contribution is 2.37. The predicted molar refractivity (Wildman–Crippen MR) is 88.2 cm³/mol.